The summed E-state index contributed by atoms with van der Waals surface area (Å²) < 4.78 is 5.42. The molecule has 0 bridgehead atoms. The van der Waals surface area contributed by atoms with E-state index in [0.717, 1.165) is 10.5 Å². The van der Waals surface area contributed by atoms with Crippen molar-refractivity contribution in [2.24, 2.45) is 0 Å². The fourth-order valence-electron chi connectivity index (χ4n) is 2.45. The molecule has 1 aliphatic heterocycles. The summed E-state index contributed by atoms with van der Waals surface area (Å²) in [6, 6.07) is 12.3. The highest BCUT2D eigenvalue weighted by Crippen LogP contribution is 2.35. The van der Waals surface area contributed by atoms with Crippen LogP contribution >= 0.6 is 11.8 Å². The molecule has 0 aliphatic carbocycles. The van der Waals surface area contributed by atoms with Gasteiger partial charge in [0.25, 0.3) is 11.8 Å². The monoisotopic (exact) mass is 385 g/mol. The second-order valence-corrected chi connectivity index (χ2v) is 7.40. The average Bonchev–Trinajstić information content (AvgIpc) is 2.66. The smallest absolute Gasteiger partial charge is 0.276 e. The maximum Gasteiger partial charge on any atom is 0.276 e. The fourth-order valence-corrected chi connectivity index (χ4v) is 3.38. The molecule has 0 fully saturated rings. The van der Waals surface area contributed by atoms with Crippen molar-refractivity contribution < 1.29 is 19.1 Å². The average molecular weight is 385 g/mol. The van der Waals surface area contributed by atoms with E-state index >= 15 is 0 Å². The number of anilines is 1. The third-order valence-corrected chi connectivity index (χ3v) is 5.12. The minimum absolute atomic E-state index is 0.105. The predicted octanol–water partition coefficient (Wildman–Crippen LogP) is 2.27. The number of carbonyl (C=O) groups is 3. The third kappa shape index (κ3) is 4.59. The molecule has 3 amide bonds. The Hall–Kier alpha value is -3.00. The molecule has 2 aromatic rings. The molecule has 140 valence electrons. The first-order chi connectivity index (χ1) is 12.9. The number of hydrogen-bond acceptors (Lipinski definition) is 5. The molecular formula is C19H19N3O4S. The van der Waals surface area contributed by atoms with E-state index in [1.807, 2.05) is 32.0 Å². The summed E-state index contributed by atoms with van der Waals surface area (Å²) in [5.74, 6) is -0.468. The van der Waals surface area contributed by atoms with Crippen molar-refractivity contribution >= 4 is 35.2 Å². The number of rotatable bonds is 4. The van der Waals surface area contributed by atoms with Crippen LogP contribution in [0.15, 0.2) is 47.4 Å². The van der Waals surface area contributed by atoms with Crippen LogP contribution in [0.2, 0.25) is 0 Å². The summed E-state index contributed by atoms with van der Waals surface area (Å²) in [4.78, 5) is 36.7. The first kappa shape index (κ1) is 18.8. The zero-order valence-electron chi connectivity index (χ0n) is 14.9. The Morgan fingerprint density at radius 3 is 2.74 bits per heavy atom. The van der Waals surface area contributed by atoms with Gasteiger partial charge in [0.2, 0.25) is 5.91 Å². The lowest BCUT2D eigenvalue weighted by molar-refractivity contribution is -0.123. The van der Waals surface area contributed by atoms with Gasteiger partial charge in [0.15, 0.2) is 6.61 Å². The molecule has 1 atom stereocenters. The normalized spacial score (nSPS) is 15.3. The van der Waals surface area contributed by atoms with E-state index in [1.165, 1.54) is 11.8 Å². The van der Waals surface area contributed by atoms with Crippen LogP contribution in [-0.4, -0.2) is 29.6 Å². The van der Waals surface area contributed by atoms with Crippen molar-refractivity contribution in [1.29, 1.82) is 0 Å². The molecule has 2 aromatic carbocycles. The van der Waals surface area contributed by atoms with Crippen LogP contribution < -0.4 is 20.9 Å². The van der Waals surface area contributed by atoms with Crippen LogP contribution in [0.3, 0.4) is 0 Å². The van der Waals surface area contributed by atoms with Crippen LogP contribution in [-0.2, 0) is 9.59 Å². The molecule has 0 saturated carbocycles. The van der Waals surface area contributed by atoms with Gasteiger partial charge < -0.3 is 10.1 Å². The Morgan fingerprint density at radius 1 is 1.19 bits per heavy atom. The van der Waals surface area contributed by atoms with Gasteiger partial charge in [-0.3, -0.25) is 25.2 Å². The van der Waals surface area contributed by atoms with Crippen LogP contribution in [0.25, 0.3) is 0 Å². The number of benzene rings is 2. The number of aryl methyl sites for hydroxylation is 1. The number of carbonyl (C=O) groups excluding carboxylic acids is 3. The summed E-state index contributed by atoms with van der Waals surface area (Å²) in [5, 5.41) is 2.59. The van der Waals surface area contributed by atoms with E-state index in [0.29, 0.717) is 17.0 Å². The summed E-state index contributed by atoms with van der Waals surface area (Å²) in [6.07, 6.45) is 0. The second-order valence-electron chi connectivity index (χ2n) is 6.02. The minimum Gasteiger partial charge on any atom is -0.483 e. The lowest BCUT2D eigenvalue weighted by Gasteiger charge is -2.21. The van der Waals surface area contributed by atoms with Crippen molar-refractivity contribution in [2.75, 3.05) is 11.9 Å². The minimum atomic E-state index is -0.486. The Kier molecular flexibility index (Phi) is 5.66. The molecule has 3 N–H and O–H groups in total. The molecule has 7 nitrogen and oxygen atoms in total. The quantitative estimate of drug-likeness (QED) is 0.702. The van der Waals surface area contributed by atoms with E-state index < -0.39 is 11.8 Å². The van der Waals surface area contributed by atoms with Gasteiger partial charge in [0, 0.05) is 10.5 Å². The Morgan fingerprint density at radius 2 is 1.96 bits per heavy atom. The number of amides is 3. The van der Waals surface area contributed by atoms with Crippen LogP contribution in [0.1, 0.15) is 22.8 Å². The molecule has 0 radical (unpaired) electrons. The van der Waals surface area contributed by atoms with Gasteiger partial charge in [-0.25, -0.2) is 0 Å². The third-order valence-electron chi connectivity index (χ3n) is 3.94. The highest BCUT2D eigenvalue weighted by Gasteiger charge is 2.23. The van der Waals surface area contributed by atoms with Gasteiger partial charge in [-0.2, -0.15) is 0 Å². The van der Waals surface area contributed by atoms with Crippen LogP contribution in [0, 0.1) is 6.92 Å². The summed E-state index contributed by atoms with van der Waals surface area (Å²) in [6.45, 7) is 3.47. The SMILES string of the molecule is Cc1ccccc1OCC(=O)NNC(=O)c1ccc2c(c1)NC(=O)[C@@H](C)S2. The van der Waals surface area contributed by atoms with Gasteiger partial charge >= 0.3 is 0 Å². The fraction of sp³-hybridized carbons (Fsp3) is 0.211. The number of nitrogens with one attached hydrogen (secondary N) is 3. The first-order valence-corrected chi connectivity index (χ1v) is 9.21. The zero-order valence-corrected chi connectivity index (χ0v) is 15.7. The van der Waals surface area contributed by atoms with Crippen molar-refractivity contribution in [3.8, 4) is 5.75 Å². The summed E-state index contributed by atoms with van der Waals surface area (Å²) in [7, 11) is 0. The standard InChI is InChI=1S/C19H19N3O4S/c1-11-5-3-4-6-15(11)26-10-17(23)21-22-19(25)13-7-8-16-14(9-13)20-18(24)12(2)27-16/h3-9,12H,10H2,1-2H3,(H,20,24)(H,21,23)(H,22,25)/t12-/m1/s1. The zero-order chi connectivity index (χ0) is 19.4. The number of thioether (sulfide) groups is 1. The Bertz CT molecular complexity index is 900. The van der Waals surface area contributed by atoms with E-state index in [-0.39, 0.29) is 17.8 Å². The number of hydrazine groups is 1. The number of ether oxygens (including phenoxy) is 1. The van der Waals surface area contributed by atoms with Crippen LogP contribution in [0.4, 0.5) is 5.69 Å². The molecular weight excluding hydrogens is 366 g/mol. The van der Waals surface area contributed by atoms with Crippen molar-refractivity contribution in [3.05, 3.63) is 53.6 Å². The van der Waals surface area contributed by atoms with Crippen molar-refractivity contribution in [3.63, 3.8) is 0 Å². The highest BCUT2D eigenvalue weighted by molar-refractivity contribution is 8.00. The lowest BCUT2D eigenvalue weighted by atomic mass is 10.2. The maximum absolute atomic E-state index is 12.2. The summed E-state index contributed by atoms with van der Waals surface area (Å²) >= 11 is 1.43. The van der Waals surface area contributed by atoms with Gasteiger partial charge in [0.05, 0.1) is 10.9 Å². The van der Waals surface area contributed by atoms with Crippen LogP contribution in [0.5, 0.6) is 5.75 Å². The van der Waals surface area contributed by atoms with Crippen molar-refractivity contribution in [2.45, 2.75) is 24.0 Å². The molecule has 0 saturated heterocycles. The second kappa shape index (κ2) is 8.13. The molecule has 27 heavy (non-hydrogen) atoms. The number of hydrogen-bond donors (Lipinski definition) is 3. The lowest BCUT2D eigenvalue weighted by Crippen LogP contribution is -2.43. The Balaban J connectivity index is 1.53. The van der Waals surface area contributed by atoms with E-state index in [2.05, 4.69) is 16.2 Å². The maximum atomic E-state index is 12.2. The number of para-hydroxylation sites is 1. The van der Waals surface area contributed by atoms with Gasteiger partial charge in [0.1, 0.15) is 5.75 Å². The largest absolute Gasteiger partial charge is 0.483 e. The predicted molar refractivity (Wildman–Crippen MR) is 103 cm³/mol. The van der Waals surface area contributed by atoms with Gasteiger partial charge in [-0.05, 0) is 43.7 Å². The molecule has 0 aromatic heterocycles. The molecule has 3 rings (SSSR count). The van der Waals surface area contributed by atoms with E-state index in [9.17, 15) is 14.4 Å². The topological polar surface area (TPSA) is 96.5 Å². The van der Waals surface area contributed by atoms with Crippen molar-refractivity contribution in [1.82, 2.24) is 10.9 Å². The molecule has 0 spiro atoms. The molecule has 1 aliphatic rings. The molecule has 1 heterocycles. The van der Waals surface area contributed by atoms with E-state index in [1.54, 1.807) is 24.3 Å². The number of fused-ring (bicyclic) bond motifs is 1. The Labute approximate surface area is 160 Å². The summed E-state index contributed by atoms with van der Waals surface area (Å²) in [5.41, 5.74) is 6.47. The molecule has 8 heteroatoms. The van der Waals surface area contributed by atoms with Gasteiger partial charge in [-0.1, -0.05) is 18.2 Å². The highest BCUT2D eigenvalue weighted by atomic mass is 32.2. The van der Waals surface area contributed by atoms with E-state index in [4.69, 9.17) is 4.74 Å². The molecule has 0 unspecified atom stereocenters. The first-order valence-electron chi connectivity index (χ1n) is 8.33. The van der Waals surface area contributed by atoms with Gasteiger partial charge in [-0.15, -0.1) is 11.8 Å².